The molecule has 0 bridgehead atoms. The third-order valence-electron chi connectivity index (χ3n) is 5.54. The molecule has 3 aliphatic rings. The zero-order valence-electron chi connectivity index (χ0n) is 10.8. The first-order valence-electron chi connectivity index (χ1n) is 6.97. The van der Waals surface area contributed by atoms with E-state index in [2.05, 4.69) is 50.2 Å². The van der Waals surface area contributed by atoms with E-state index in [0.29, 0.717) is 5.92 Å². The van der Waals surface area contributed by atoms with Gasteiger partial charge in [-0.3, -0.25) is 0 Å². The monoisotopic (exact) mass is 232 g/mol. The lowest BCUT2D eigenvalue weighted by atomic mass is 9.91. The molecule has 4 atom stereocenters. The third-order valence-corrected chi connectivity index (χ3v) is 5.54. The Morgan fingerprint density at radius 2 is 1.33 bits per heavy atom. The molecule has 1 fully saturated rings. The highest BCUT2D eigenvalue weighted by atomic mass is 14.7. The summed E-state index contributed by atoms with van der Waals surface area (Å²) in [5, 5.41) is 0. The van der Waals surface area contributed by atoms with E-state index in [9.17, 15) is 0 Å². The van der Waals surface area contributed by atoms with Gasteiger partial charge in [0.1, 0.15) is 0 Å². The van der Waals surface area contributed by atoms with Crippen molar-refractivity contribution in [1.29, 1.82) is 0 Å². The Hall–Kier alpha value is -1.56. The Labute approximate surface area is 108 Å². The Morgan fingerprint density at radius 3 is 2.11 bits per heavy atom. The molecule has 0 N–H and O–H groups in total. The molecule has 2 aromatic carbocycles. The summed E-state index contributed by atoms with van der Waals surface area (Å²) in [5.41, 5.74) is 9.47. The molecule has 0 amide bonds. The Morgan fingerprint density at radius 1 is 0.722 bits per heavy atom. The van der Waals surface area contributed by atoms with Crippen LogP contribution >= 0.6 is 0 Å². The minimum absolute atomic E-state index is 0.713. The van der Waals surface area contributed by atoms with Crippen molar-refractivity contribution in [3.05, 3.63) is 69.8 Å². The van der Waals surface area contributed by atoms with Crippen molar-refractivity contribution in [1.82, 2.24) is 0 Å². The highest BCUT2D eigenvalue weighted by molar-refractivity contribution is 5.65. The van der Waals surface area contributed by atoms with Gasteiger partial charge in [-0.1, -0.05) is 36.4 Å². The number of hydrogen-bond donors (Lipinski definition) is 0. The molecule has 1 saturated carbocycles. The van der Waals surface area contributed by atoms with E-state index >= 15 is 0 Å². The average Bonchev–Trinajstić information content (AvgIpc) is 2.92. The van der Waals surface area contributed by atoms with Gasteiger partial charge in [0.15, 0.2) is 0 Å². The Balaban J connectivity index is 1.81. The number of fused-ring (bicyclic) bond motifs is 7. The Bertz CT molecular complexity index is 695. The molecule has 88 valence electrons. The predicted molar refractivity (Wildman–Crippen MR) is 73.2 cm³/mol. The molecule has 0 nitrogen and oxygen atoms in total. The first-order chi connectivity index (χ1) is 8.77. The SMILES string of the molecule is Cc1cc2c(cc1C)[C@@H]1[C@@H]3c4ccccc4[C@@H]2[C@@H]13. The van der Waals surface area contributed by atoms with E-state index in [1.807, 2.05) is 0 Å². The first kappa shape index (κ1) is 9.38. The number of aryl methyl sites for hydroxylation is 2. The van der Waals surface area contributed by atoms with Crippen LogP contribution in [0.4, 0.5) is 0 Å². The van der Waals surface area contributed by atoms with Crippen LogP contribution in [0.3, 0.4) is 0 Å². The number of rotatable bonds is 0. The van der Waals surface area contributed by atoms with E-state index in [0.717, 1.165) is 17.8 Å². The quantitative estimate of drug-likeness (QED) is 0.636. The molecule has 5 rings (SSSR count). The molecule has 3 aliphatic carbocycles. The van der Waals surface area contributed by atoms with Crippen LogP contribution in [0, 0.1) is 19.8 Å². The molecule has 0 aromatic heterocycles. The van der Waals surface area contributed by atoms with E-state index in [1.54, 1.807) is 22.3 Å². The minimum Gasteiger partial charge on any atom is -0.0620 e. The van der Waals surface area contributed by atoms with Crippen LogP contribution < -0.4 is 0 Å². The number of hydrogen-bond acceptors (Lipinski definition) is 0. The summed E-state index contributed by atoms with van der Waals surface area (Å²) in [6.07, 6.45) is 0. The molecule has 0 heterocycles. The first-order valence-corrected chi connectivity index (χ1v) is 6.97. The lowest BCUT2D eigenvalue weighted by Crippen LogP contribution is -1.98. The molecular weight excluding hydrogens is 216 g/mol. The van der Waals surface area contributed by atoms with Gasteiger partial charge in [-0.25, -0.2) is 0 Å². The van der Waals surface area contributed by atoms with Gasteiger partial charge in [-0.15, -0.1) is 0 Å². The maximum atomic E-state index is 2.47. The van der Waals surface area contributed by atoms with Crippen LogP contribution in [-0.2, 0) is 0 Å². The molecule has 18 heavy (non-hydrogen) atoms. The third kappa shape index (κ3) is 0.849. The van der Waals surface area contributed by atoms with Gasteiger partial charge in [0.2, 0.25) is 0 Å². The molecule has 2 aromatic rings. The van der Waals surface area contributed by atoms with Crippen LogP contribution in [0.25, 0.3) is 0 Å². The minimum atomic E-state index is 0.713. The molecule has 0 heteroatoms. The van der Waals surface area contributed by atoms with E-state index in [1.165, 1.54) is 11.1 Å². The van der Waals surface area contributed by atoms with Gasteiger partial charge >= 0.3 is 0 Å². The van der Waals surface area contributed by atoms with Crippen LogP contribution in [-0.4, -0.2) is 0 Å². The summed E-state index contributed by atoms with van der Waals surface area (Å²) >= 11 is 0. The molecule has 0 saturated heterocycles. The summed E-state index contributed by atoms with van der Waals surface area (Å²) in [6, 6.07) is 14.1. The second-order valence-corrected chi connectivity index (χ2v) is 6.30. The lowest BCUT2D eigenvalue weighted by molar-refractivity contribution is 0.750. The average molecular weight is 232 g/mol. The predicted octanol–water partition coefficient (Wildman–Crippen LogP) is 4.26. The highest BCUT2D eigenvalue weighted by Gasteiger charge is 2.66. The van der Waals surface area contributed by atoms with E-state index in [-0.39, 0.29) is 0 Å². The highest BCUT2D eigenvalue weighted by Crippen LogP contribution is 2.77. The molecule has 0 spiro atoms. The molecule has 0 unspecified atom stereocenters. The zero-order chi connectivity index (χ0) is 12.0. The fourth-order valence-corrected chi connectivity index (χ4v) is 4.65. The zero-order valence-corrected chi connectivity index (χ0v) is 10.8. The van der Waals surface area contributed by atoms with Crippen LogP contribution in [0.15, 0.2) is 36.4 Å². The largest absolute Gasteiger partial charge is 0.0620 e. The summed E-state index contributed by atoms with van der Waals surface area (Å²) < 4.78 is 0. The van der Waals surface area contributed by atoms with Crippen LogP contribution in [0.1, 0.15) is 51.1 Å². The fourth-order valence-electron chi connectivity index (χ4n) is 4.65. The van der Waals surface area contributed by atoms with Crippen LogP contribution in [0.5, 0.6) is 0 Å². The van der Waals surface area contributed by atoms with Gasteiger partial charge in [0.05, 0.1) is 0 Å². The van der Waals surface area contributed by atoms with Gasteiger partial charge in [0, 0.05) is 5.92 Å². The molecule has 0 radical (unpaired) electrons. The molecule has 0 aliphatic heterocycles. The molecular formula is C18H16. The summed E-state index contributed by atoms with van der Waals surface area (Å²) in [7, 11) is 0. The lowest BCUT2D eigenvalue weighted by Gasteiger charge is -2.13. The van der Waals surface area contributed by atoms with Crippen molar-refractivity contribution in [2.45, 2.75) is 31.6 Å². The van der Waals surface area contributed by atoms with Crippen molar-refractivity contribution < 1.29 is 0 Å². The fraction of sp³-hybridized carbons (Fsp3) is 0.333. The maximum absolute atomic E-state index is 2.47. The second-order valence-electron chi connectivity index (χ2n) is 6.30. The maximum Gasteiger partial charge on any atom is 0.0135 e. The van der Waals surface area contributed by atoms with Gasteiger partial charge in [0.25, 0.3) is 0 Å². The number of benzene rings is 2. The van der Waals surface area contributed by atoms with Crippen molar-refractivity contribution in [3.8, 4) is 0 Å². The van der Waals surface area contributed by atoms with Gasteiger partial charge in [-0.2, -0.15) is 0 Å². The standard InChI is InChI=1S/C18H16/c1-9-7-13-14(8-10(9)2)17-16-12-6-4-3-5-11(12)15(13)18(16)17/h3-8,15-18H,1-2H3/t15-,16-,17+,18+/m0/s1. The van der Waals surface area contributed by atoms with Crippen molar-refractivity contribution in [2.24, 2.45) is 5.92 Å². The second kappa shape index (κ2) is 2.71. The van der Waals surface area contributed by atoms with Crippen molar-refractivity contribution >= 4 is 0 Å². The smallest absolute Gasteiger partial charge is 0.0135 e. The summed E-state index contributed by atoms with van der Waals surface area (Å²) in [5.74, 6) is 3.31. The van der Waals surface area contributed by atoms with Crippen molar-refractivity contribution in [2.75, 3.05) is 0 Å². The van der Waals surface area contributed by atoms with Crippen molar-refractivity contribution in [3.63, 3.8) is 0 Å². The van der Waals surface area contributed by atoms with Gasteiger partial charge in [-0.05, 0) is 65.0 Å². The van der Waals surface area contributed by atoms with Crippen LogP contribution in [0.2, 0.25) is 0 Å². The summed E-state index contributed by atoms with van der Waals surface area (Å²) in [4.78, 5) is 0. The normalized spacial score (nSPS) is 33.0. The van der Waals surface area contributed by atoms with E-state index in [4.69, 9.17) is 0 Å². The van der Waals surface area contributed by atoms with Gasteiger partial charge < -0.3 is 0 Å². The topological polar surface area (TPSA) is 0 Å². The summed E-state index contributed by atoms with van der Waals surface area (Å²) in [6.45, 7) is 4.50. The van der Waals surface area contributed by atoms with E-state index < -0.39 is 0 Å². The Kier molecular flexibility index (Phi) is 1.41.